The van der Waals surface area contributed by atoms with Gasteiger partial charge in [-0.2, -0.15) is 0 Å². The van der Waals surface area contributed by atoms with Crippen LogP contribution in [-0.2, 0) is 0 Å². The molecular formula is C23H14N2O4. The van der Waals surface area contributed by atoms with Crippen LogP contribution in [0.5, 0.6) is 0 Å². The number of nitrogens with zero attached hydrogens (tertiary/aromatic N) is 1. The molecule has 0 unspecified atom stereocenters. The zero-order valence-corrected chi connectivity index (χ0v) is 15.1. The van der Waals surface area contributed by atoms with Gasteiger partial charge in [-0.1, -0.05) is 60.7 Å². The molecule has 29 heavy (non-hydrogen) atoms. The van der Waals surface area contributed by atoms with Crippen LogP contribution in [-0.4, -0.2) is 16.4 Å². The number of oxazole rings is 1. The zero-order valence-electron chi connectivity index (χ0n) is 15.1. The van der Waals surface area contributed by atoms with Crippen molar-refractivity contribution in [3.05, 3.63) is 101 Å². The second-order valence-electron chi connectivity index (χ2n) is 6.62. The van der Waals surface area contributed by atoms with Gasteiger partial charge in [0.05, 0.1) is 23.0 Å². The van der Waals surface area contributed by atoms with Crippen LogP contribution >= 0.6 is 0 Å². The van der Waals surface area contributed by atoms with Crippen molar-refractivity contribution in [2.24, 2.45) is 0 Å². The fourth-order valence-corrected chi connectivity index (χ4v) is 3.73. The Bertz CT molecular complexity index is 1320. The molecule has 0 saturated carbocycles. The molecule has 0 aliphatic carbocycles. The summed E-state index contributed by atoms with van der Waals surface area (Å²) in [7, 11) is 0. The number of hydrogen-bond donors (Lipinski definition) is 1. The Labute approximate surface area is 165 Å². The summed E-state index contributed by atoms with van der Waals surface area (Å²) >= 11 is 0. The Kier molecular flexibility index (Phi) is 3.77. The fraction of sp³-hybridized carbons (Fsp3) is 0. The van der Waals surface area contributed by atoms with E-state index in [4.69, 9.17) is 4.42 Å². The number of imide groups is 1. The molecule has 0 spiro atoms. The number of fused-ring (bicyclic) bond motifs is 1. The third kappa shape index (κ3) is 2.62. The largest absolute Gasteiger partial charge is 0.423 e. The second-order valence-corrected chi connectivity index (χ2v) is 6.62. The predicted octanol–water partition coefficient (Wildman–Crippen LogP) is 3.65. The van der Waals surface area contributed by atoms with Crippen LogP contribution in [0.1, 0.15) is 20.7 Å². The average Bonchev–Trinajstić information content (AvgIpc) is 3.30. The minimum absolute atomic E-state index is 0.164. The van der Waals surface area contributed by atoms with Gasteiger partial charge in [0.25, 0.3) is 11.8 Å². The summed E-state index contributed by atoms with van der Waals surface area (Å²) in [4.78, 5) is 37.5. The minimum Gasteiger partial charge on any atom is -0.416 e. The summed E-state index contributed by atoms with van der Waals surface area (Å²) in [6.45, 7) is 0. The molecule has 2 amide bonds. The molecule has 0 atom stereocenters. The first-order valence-corrected chi connectivity index (χ1v) is 8.99. The molecule has 2 heterocycles. The molecule has 4 aromatic rings. The molecule has 3 aromatic carbocycles. The standard InChI is InChI=1S/C23H14N2O4/c26-21-17-13-16(14-7-3-1-4-8-14)18(15-9-5-2-6-10-15)20(19(17)22(27)24-21)25-11-12-29-23(25)28/h1-13H,(H,24,26,27). The number of carbonyl (C=O) groups excluding carboxylic acids is 2. The van der Waals surface area contributed by atoms with Crippen LogP contribution in [0.3, 0.4) is 0 Å². The summed E-state index contributed by atoms with van der Waals surface area (Å²) < 4.78 is 6.24. The van der Waals surface area contributed by atoms with Crippen LogP contribution in [0.4, 0.5) is 0 Å². The Balaban J connectivity index is 2.00. The molecule has 1 N–H and O–H groups in total. The van der Waals surface area contributed by atoms with Gasteiger partial charge >= 0.3 is 5.76 Å². The summed E-state index contributed by atoms with van der Waals surface area (Å²) in [5.41, 5.74) is 3.80. The lowest BCUT2D eigenvalue weighted by molar-refractivity contribution is 0.0879. The Morgan fingerprint density at radius 1 is 0.724 bits per heavy atom. The van der Waals surface area contributed by atoms with Crippen molar-refractivity contribution in [1.82, 2.24) is 9.88 Å². The first-order valence-electron chi connectivity index (χ1n) is 8.99. The Hall–Kier alpha value is -4.19. The van der Waals surface area contributed by atoms with Gasteiger partial charge in [0.15, 0.2) is 0 Å². The fourth-order valence-electron chi connectivity index (χ4n) is 3.73. The second kappa shape index (κ2) is 6.45. The molecule has 1 aromatic heterocycles. The molecule has 5 rings (SSSR count). The van der Waals surface area contributed by atoms with E-state index in [1.54, 1.807) is 6.07 Å². The van der Waals surface area contributed by atoms with E-state index in [-0.39, 0.29) is 11.1 Å². The number of rotatable bonds is 3. The zero-order chi connectivity index (χ0) is 20.0. The van der Waals surface area contributed by atoms with Crippen molar-refractivity contribution < 1.29 is 14.0 Å². The van der Waals surface area contributed by atoms with Crippen molar-refractivity contribution in [2.45, 2.75) is 0 Å². The lowest BCUT2D eigenvalue weighted by Crippen LogP contribution is -2.21. The molecule has 140 valence electrons. The third-order valence-electron chi connectivity index (χ3n) is 4.96. The highest BCUT2D eigenvalue weighted by molar-refractivity contribution is 6.25. The Morgan fingerprint density at radius 3 is 2.00 bits per heavy atom. The van der Waals surface area contributed by atoms with Gasteiger partial charge < -0.3 is 4.42 Å². The molecule has 0 radical (unpaired) electrons. The van der Waals surface area contributed by atoms with Crippen LogP contribution in [0, 0.1) is 0 Å². The van der Waals surface area contributed by atoms with E-state index in [1.165, 1.54) is 17.0 Å². The first-order chi connectivity index (χ1) is 14.1. The Morgan fingerprint density at radius 2 is 1.38 bits per heavy atom. The van der Waals surface area contributed by atoms with Crippen molar-refractivity contribution in [3.63, 3.8) is 0 Å². The molecule has 0 saturated heterocycles. The number of benzene rings is 3. The van der Waals surface area contributed by atoms with Crippen LogP contribution in [0.25, 0.3) is 27.9 Å². The van der Waals surface area contributed by atoms with E-state index in [9.17, 15) is 14.4 Å². The highest BCUT2D eigenvalue weighted by Gasteiger charge is 2.34. The van der Waals surface area contributed by atoms with E-state index >= 15 is 0 Å². The number of aromatic nitrogens is 1. The van der Waals surface area contributed by atoms with Crippen LogP contribution in [0.2, 0.25) is 0 Å². The SMILES string of the molecule is O=C1NC(=O)c2c1cc(-c1ccccc1)c(-c1ccccc1)c2-n1ccoc1=O. The van der Waals surface area contributed by atoms with E-state index < -0.39 is 17.6 Å². The van der Waals surface area contributed by atoms with Crippen molar-refractivity contribution in [2.75, 3.05) is 0 Å². The molecule has 0 bridgehead atoms. The summed E-state index contributed by atoms with van der Waals surface area (Å²) in [6, 6.07) is 20.7. The number of amides is 2. The molecule has 6 heteroatoms. The van der Waals surface area contributed by atoms with Crippen LogP contribution < -0.4 is 11.1 Å². The number of hydrogen-bond acceptors (Lipinski definition) is 4. The monoisotopic (exact) mass is 382 g/mol. The normalized spacial score (nSPS) is 12.7. The van der Waals surface area contributed by atoms with Gasteiger partial charge in [0, 0.05) is 5.56 Å². The van der Waals surface area contributed by atoms with Crippen molar-refractivity contribution in [1.29, 1.82) is 0 Å². The van der Waals surface area contributed by atoms with Crippen molar-refractivity contribution >= 4 is 11.8 Å². The van der Waals surface area contributed by atoms with E-state index in [0.29, 0.717) is 11.3 Å². The van der Waals surface area contributed by atoms with E-state index in [1.807, 2.05) is 60.7 Å². The van der Waals surface area contributed by atoms with Crippen LogP contribution in [0.15, 0.2) is 88.4 Å². The molecule has 6 nitrogen and oxygen atoms in total. The molecule has 1 aliphatic rings. The summed E-state index contributed by atoms with van der Waals surface area (Å²) in [6.07, 6.45) is 2.71. The van der Waals surface area contributed by atoms with E-state index in [2.05, 4.69) is 5.32 Å². The smallest absolute Gasteiger partial charge is 0.416 e. The highest BCUT2D eigenvalue weighted by Crippen LogP contribution is 2.41. The quantitative estimate of drug-likeness (QED) is 0.549. The predicted molar refractivity (Wildman–Crippen MR) is 107 cm³/mol. The average molecular weight is 382 g/mol. The van der Waals surface area contributed by atoms with E-state index in [0.717, 1.165) is 16.7 Å². The lowest BCUT2D eigenvalue weighted by Gasteiger charge is -2.18. The summed E-state index contributed by atoms with van der Waals surface area (Å²) in [5, 5.41) is 2.34. The summed E-state index contributed by atoms with van der Waals surface area (Å²) in [5.74, 6) is -1.66. The third-order valence-corrected chi connectivity index (χ3v) is 4.96. The number of nitrogens with one attached hydrogen (secondary N) is 1. The van der Waals surface area contributed by atoms with Gasteiger partial charge in [-0.3, -0.25) is 14.9 Å². The topological polar surface area (TPSA) is 81.3 Å². The van der Waals surface area contributed by atoms with Crippen molar-refractivity contribution in [3.8, 4) is 27.9 Å². The maximum Gasteiger partial charge on any atom is 0.423 e. The van der Waals surface area contributed by atoms with Gasteiger partial charge in [0.1, 0.15) is 6.26 Å². The molecular weight excluding hydrogens is 368 g/mol. The number of carbonyl (C=O) groups is 2. The minimum atomic E-state index is -0.637. The van der Waals surface area contributed by atoms with Gasteiger partial charge in [-0.15, -0.1) is 0 Å². The maximum atomic E-state index is 12.7. The molecule has 0 fully saturated rings. The first kappa shape index (κ1) is 16.9. The van der Waals surface area contributed by atoms with Gasteiger partial charge in [-0.25, -0.2) is 9.36 Å². The van der Waals surface area contributed by atoms with Gasteiger partial charge in [0.2, 0.25) is 0 Å². The molecule has 1 aliphatic heterocycles. The highest BCUT2D eigenvalue weighted by atomic mass is 16.4. The maximum absolute atomic E-state index is 12.7. The van der Waals surface area contributed by atoms with Gasteiger partial charge in [-0.05, 0) is 22.8 Å². The lowest BCUT2D eigenvalue weighted by atomic mass is 9.88.